The molecule has 1 aliphatic carbocycles. The van der Waals surface area contributed by atoms with E-state index in [0.29, 0.717) is 11.6 Å². The highest BCUT2D eigenvalue weighted by Crippen LogP contribution is 2.43. The van der Waals surface area contributed by atoms with Crippen LogP contribution in [0.3, 0.4) is 0 Å². The van der Waals surface area contributed by atoms with Crippen molar-refractivity contribution in [3.05, 3.63) is 10.7 Å². The van der Waals surface area contributed by atoms with Crippen molar-refractivity contribution in [1.29, 1.82) is 0 Å². The minimum Gasteiger partial charge on any atom is -0.343 e. The molecule has 0 aliphatic heterocycles. The summed E-state index contributed by atoms with van der Waals surface area (Å²) in [4.78, 5) is 0. The molecule has 1 heterocycles. The van der Waals surface area contributed by atoms with Crippen molar-refractivity contribution in [1.82, 2.24) is 5.16 Å². The summed E-state index contributed by atoms with van der Waals surface area (Å²) in [6.07, 6.45) is 2.06. The highest BCUT2D eigenvalue weighted by molar-refractivity contribution is 7.79. The summed E-state index contributed by atoms with van der Waals surface area (Å²) in [6, 6.07) is 0. The van der Waals surface area contributed by atoms with Gasteiger partial charge in [0, 0.05) is 5.92 Å². The van der Waals surface area contributed by atoms with Gasteiger partial charge in [0.05, 0.1) is 0 Å². The number of rotatable bonds is 2. The molecule has 1 aromatic rings. The molecule has 1 atom stereocenters. The SMILES string of the molecule is O=S(O)c1onc(C2CC2)c1Cl. The van der Waals surface area contributed by atoms with Crippen molar-refractivity contribution in [3.63, 3.8) is 0 Å². The normalized spacial score (nSPS) is 19.5. The van der Waals surface area contributed by atoms with Crippen molar-refractivity contribution in [3.8, 4) is 0 Å². The van der Waals surface area contributed by atoms with Crippen molar-refractivity contribution in [2.24, 2.45) is 0 Å². The first kappa shape index (κ1) is 8.22. The molecule has 0 aromatic carbocycles. The van der Waals surface area contributed by atoms with Gasteiger partial charge >= 0.3 is 0 Å². The lowest BCUT2D eigenvalue weighted by atomic mass is 10.3. The van der Waals surface area contributed by atoms with Crippen LogP contribution in [0.4, 0.5) is 0 Å². The Hall–Kier alpha value is -0.390. The van der Waals surface area contributed by atoms with Crippen molar-refractivity contribution < 1.29 is 13.3 Å². The molecule has 0 spiro atoms. The topological polar surface area (TPSA) is 63.3 Å². The predicted octanol–water partition coefficient (Wildman–Crippen LogP) is 1.79. The summed E-state index contributed by atoms with van der Waals surface area (Å²) in [5.74, 6) is 0.332. The van der Waals surface area contributed by atoms with E-state index < -0.39 is 11.1 Å². The average Bonchev–Trinajstić information content (AvgIpc) is 2.75. The van der Waals surface area contributed by atoms with Crippen LogP contribution in [-0.2, 0) is 11.1 Å². The molecule has 1 N–H and O–H groups in total. The molecule has 0 amide bonds. The minimum atomic E-state index is -2.17. The van der Waals surface area contributed by atoms with E-state index in [4.69, 9.17) is 16.2 Å². The van der Waals surface area contributed by atoms with Crippen molar-refractivity contribution >= 4 is 22.7 Å². The zero-order valence-corrected chi connectivity index (χ0v) is 7.56. The van der Waals surface area contributed by atoms with Gasteiger partial charge in [-0.15, -0.1) is 0 Å². The van der Waals surface area contributed by atoms with Crippen LogP contribution in [0.25, 0.3) is 0 Å². The molecular formula is C6H6ClNO3S. The van der Waals surface area contributed by atoms with E-state index in [2.05, 4.69) is 9.68 Å². The van der Waals surface area contributed by atoms with Gasteiger partial charge in [0.1, 0.15) is 10.7 Å². The summed E-state index contributed by atoms with van der Waals surface area (Å²) in [5, 5.41) is 3.71. The van der Waals surface area contributed by atoms with E-state index in [1.165, 1.54) is 0 Å². The minimum absolute atomic E-state index is 0.140. The molecule has 1 fully saturated rings. The molecule has 1 aromatic heterocycles. The third-order valence-corrected chi connectivity index (χ3v) is 2.83. The zero-order valence-electron chi connectivity index (χ0n) is 5.99. The number of halogens is 1. The molecule has 1 saturated carbocycles. The van der Waals surface area contributed by atoms with Crippen LogP contribution in [0.5, 0.6) is 0 Å². The molecule has 2 rings (SSSR count). The molecular weight excluding hydrogens is 202 g/mol. The summed E-state index contributed by atoms with van der Waals surface area (Å²) in [5.41, 5.74) is 0.620. The zero-order chi connectivity index (χ0) is 8.72. The second-order valence-electron chi connectivity index (χ2n) is 2.69. The molecule has 66 valence electrons. The van der Waals surface area contributed by atoms with Crippen LogP contribution >= 0.6 is 11.6 Å². The lowest BCUT2D eigenvalue weighted by molar-refractivity contribution is 0.332. The van der Waals surface area contributed by atoms with Gasteiger partial charge in [-0.3, -0.25) is 4.55 Å². The van der Waals surface area contributed by atoms with Gasteiger partial charge in [-0.25, -0.2) is 4.21 Å². The Labute approximate surface area is 76.2 Å². The average molecular weight is 208 g/mol. The maximum atomic E-state index is 10.6. The quantitative estimate of drug-likeness (QED) is 0.751. The van der Waals surface area contributed by atoms with E-state index in [1.807, 2.05) is 0 Å². The third-order valence-electron chi connectivity index (χ3n) is 1.75. The molecule has 0 bridgehead atoms. The van der Waals surface area contributed by atoms with Crippen molar-refractivity contribution in [2.75, 3.05) is 0 Å². The fourth-order valence-corrected chi connectivity index (χ4v) is 1.77. The Kier molecular flexibility index (Phi) is 1.94. The third kappa shape index (κ3) is 1.28. The molecule has 12 heavy (non-hydrogen) atoms. The fourth-order valence-electron chi connectivity index (χ4n) is 0.994. The van der Waals surface area contributed by atoms with E-state index in [-0.39, 0.29) is 10.1 Å². The standard InChI is InChI=1S/C6H6ClNO3S/c7-4-5(3-1-2-3)8-11-6(4)12(9)10/h3H,1-2H2,(H,9,10). The van der Waals surface area contributed by atoms with E-state index >= 15 is 0 Å². The summed E-state index contributed by atoms with van der Waals surface area (Å²) >= 11 is 3.58. The van der Waals surface area contributed by atoms with Crippen molar-refractivity contribution in [2.45, 2.75) is 23.9 Å². The lowest BCUT2D eigenvalue weighted by Gasteiger charge is -1.87. The van der Waals surface area contributed by atoms with Crippen LogP contribution in [-0.4, -0.2) is 13.9 Å². The van der Waals surface area contributed by atoms with Gasteiger partial charge in [0.25, 0.3) is 5.09 Å². The lowest BCUT2D eigenvalue weighted by Crippen LogP contribution is -1.85. The highest BCUT2D eigenvalue weighted by atomic mass is 35.5. The van der Waals surface area contributed by atoms with Gasteiger partial charge in [-0.1, -0.05) is 16.8 Å². The number of aromatic nitrogens is 1. The largest absolute Gasteiger partial charge is 0.343 e. The van der Waals surface area contributed by atoms with Crippen LogP contribution in [0.2, 0.25) is 5.02 Å². The molecule has 4 nitrogen and oxygen atoms in total. The Morgan fingerprint density at radius 2 is 2.33 bits per heavy atom. The number of nitrogens with zero attached hydrogens (tertiary/aromatic N) is 1. The van der Waals surface area contributed by atoms with Crippen LogP contribution in [0.15, 0.2) is 9.62 Å². The van der Waals surface area contributed by atoms with Gasteiger partial charge in [-0.05, 0) is 12.8 Å². The number of hydrogen-bond acceptors (Lipinski definition) is 3. The molecule has 0 radical (unpaired) electrons. The summed E-state index contributed by atoms with van der Waals surface area (Å²) in [7, 11) is 0. The first-order chi connectivity index (χ1) is 5.70. The summed E-state index contributed by atoms with van der Waals surface area (Å²) < 4.78 is 23.9. The maximum absolute atomic E-state index is 10.6. The van der Waals surface area contributed by atoms with E-state index in [9.17, 15) is 4.21 Å². The summed E-state index contributed by atoms with van der Waals surface area (Å²) in [6.45, 7) is 0. The van der Waals surface area contributed by atoms with Crippen LogP contribution in [0.1, 0.15) is 24.5 Å². The van der Waals surface area contributed by atoms with Gasteiger partial charge in [-0.2, -0.15) is 0 Å². The highest BCUT2D eigenvalue weighted by Gasteiger charge is 2.32. The fraction of sp³-hybridized carbons (Fsp3) is 0.500. The maximum Gasteiger partial charge on any atom is 0.269 e. The molecule has 1 unspecified atom stereocenters. The Balaban J connectivity index is 2.39. The van der Waals surface area contributed by atoms with Crippen LogP contribution in [0, 0.1) is 0 Å². The van der Waals surface area contributed by atoms with Gasteiger partial charge in [0.2, 0.25) is 11.1 Å². The monoisotopic (exact) mass is 207 g/mol. The number of hydrogen-bond donors (Lipinski definition) is 1. The first-order valence-electron chi connectivity index (χ1n) is 3.46. The second kappa shape index (κ2) is 2.83. The smallest absolute Gasteiger partial charge is 0.269 e. The molecule has 0 saturated heterocycles. The Bertz CT molecular complexity index is 334. The van der Waals surface area contributed by atoms with E-state index in [1.54, 1.807) is 0 Å². The Morgan fingerprint density at radius 3 is 2.75 bits per heavy atom. The molecule has 1 aliphatic rings. The van der Waals surface area contributed by atoms with Gasteiger partial charge < -0.3 is 4.52 Å². The second-order valence-corrected chi connectivity index (χ2v) is 3.94. The Morgan fingerprint density at radius 1 is 1.67 bits per heavy atom. The first-order valence-corrected chi connectivity index (χ1v) is 4.94. The van der Waals surface area contributed by atoms with E-state index in [0.717, 1.165) is 12.8 Å². The van der Waals surface area contributed by atoms with Gasteiger partial charge in [0.15, 0.2) is 0 Å². The van der Waals surface area contributed by atoms with Crippen LogP contribution < -0.4 is 0 Å². The predicted molar refractivity (Wildman–Crippen MR) is 42.5 cm³/mol. The molecule has 6 heteroatoms.